The Labute approximate surface area is 95.9 Å². The zero-order valence-electron chi connectivity index (χ0n) is 8.73. The predicted octanol–water partition coefficient (Wildman–Crippen LogP) is 2.17. The second kappa shape index (κ2) is 4.92. The molecule has 0 fully saturated rings. The number of benzene rings is 1. The van der Waals surface area contributed by atoms with E-state index in [-0.39, 0.29) is 12.4 Å². The van der Waals surface area contributed by atoms with Gasteiger partial charge in [0.2, 0.25) is 0 Å². The fraction of sp³-hybridized carbons (Fsp3) is 0.182. The molecule has 2 N–H and O–H groups in total. The number of hydrogen-bond acceptors (Lipinski definition) is 3. The Morgan fingerprint density at radius 3 is 2.88 bits per heavy atom. The van der Waals surface area contributed by atoms with Crippen LogP contribution in [0.5, 0.6) is 5.75 Å². The summed E-state index contributed by atoms with van der Waals surface area (Å²) in [5.74, 6) is 0.563. The van der Waals surface area contributed by atoms with Gasteiger partial charge in [-0.05, 0) is 12.1 Å². The van der Waals surface area contributed by atoms with E-state index in [1.807, 2.05) is 0 Å². The Hall–Kier alpha value is -1.95. The topological polar surface area (TPSA) is 58.1 Å². The van der Waals surface area contributed by atoms with Gasteiger partial charge in [-0.15, -0.1) is 0 Å². The minimum Gasteiger partial charge on any atom is -0.435 e. The fourth-order valence-corrected chi connectivity index (χ4v) is 1.41. The highest BCUT2D eigenvalue weighted by Gasteiger charge is 2.07. The number of rotatable bonds is 4. The summed E-state index contributed by atoms with van der Waals surface area (Å²) in [6, 6.07) is 6.18. The number of ether oxygens (including phenoxy) is 1. The van der Waals surface area contributed by atoms with Crippen molar-refractivity contribution in [3.8, 4) is 17.1 Å². The van der Waals surface area contributed by atoms with Gasteiger partial charge < -0.3 is 14.8 Å². The average molecular weight is 240 g/mol. The number of aliphatic hydroxyl groups excluding tert-OH is 1. The number of hydrogen-bond donors (Lipinski definition) is 2. The number of aliphatic hydroxyl groups is 1. The number of alkyl halides is 2. The summed E-state index contributed by atoms with van der Waals surface area (Å²) in [5, 5.41) is 8.88. The molecule has 0 atom stereocenters. The molecule has 0 unspecified atom stereocenters. The molecule has 17 heavy (non-hydrogen) atoms. The van der Waals surface area contributed by atoms with Gasteiger partial charge in [-0.2, -0.15) is 8.78 Å². The zero-order chi connectivity index (χ0) is 12.3. The molecule has 0 saturated carbocycles. The van der Waals surface area contributed by atoms with Crippen LogP contribution in [0, 0.1) is 0 Å². The Morgan fingerprint density at radius 2 is 2.24 bits per heavy atom. The van der Waals surface area contributed by atoms with Crippen LogP contribution in [0.1, 0.15) is 5.69 Å². The van der Waals surface area contributed by atoms with E-state index >= 15 is 0 Å². The summed E-state index contributed by atoms with van der Waals surface area (Å²) in [6.45, 7) is -3.00. The largest absolute Gasteiger partial charge is 0.435 e. The molecule has 1 aromatic heterocycles. The Morgan fingerprint density at radius 1 is 1.41 bits per heavy atom. The molecule has 6 heteroatoms. The van der Waals surface area contributed by atoms with Crippen LogP contribution in [0.2, 0.25) is 0 Å². The van der Waals surface area contributed by atoms with Crippen molar-refractivity contribution in [1.29, 1.82) is 0 Å². The van der Waals surface area contributed by atoms with Gasteiger partial charge >= 0.3 is 6.61 Å². The molecule has 0 radical (unpaired) electrons. The van der Waals surface area contributed by atoms with Crippen LogP contribution in [0.4, 0.5) is 8.78 Å². The Balaban J connectivity index is 2.26. The highest BCUT2D eigenvalue weighted by atomic mass is 19.3. The number of halogens is 2. The van der Waals surface area contributed by atoms with Crippen molar-refractivity contribution in [2.45, 2.75) is 13.2 Å². The minimum atomic E-state index is -2.85. The van der Waals surface area contributed by atoms with Gasteiger partial charge in [0.25, 0.3) is 0 Å². The van der Waals surface area contributed by atoms with Crippen LogP contribution in [-0.2, 0) is 6.61 Å². The van der Waals surface area contributed by atoms with Gasteiger partial charge in [0, 0.05) is 5.56 Å². The highest BCUT2D eigenvalue weighted by Crippen LogP contribution is 2.22. The van der Waals surface area contributed by atoms with Crippen molar-refractivity contribution in [3.63, 3.8) is 0 Å². The molecule has 0 bridgehead atoms. The zero-order valence-corrected chi connectivity index (χ0v) is 8.73. The third kappa shape index (κ3) is 2.79. The van der Waals surface area contributed by atoms with Gasteiger partial charge in [-0.25, -0.2) is 4.98 Å². The molecule has 2 aromatic rings. The molecule has 0 saturated heterocycles. The van der Waals surface area contributed by atoms with E-state index < -0.39 is 6.61 Å². The molecule has 0 aliphatic rings. The second-order valence-electron chi connectivity index (χ2n) is 3.32. The van der Waals surface area contributed by atoms with Gasteiger partial charge in [-0.3, -0.25) is 0 Å². The van der Waals surface area contributed by atoms with Gasteiger partial charge in [0.1, 0.15) is 11.6 Å². The van der Waals surface area contributed by atoms with Crippen molar-refractivity contribution in [2.24, 2.45) is 0 Å². The maximum atomic E-state index is 12.0. The lowest BCUT2D eigenvalue weighted by Gasteiger charge is -2.05. The van der Waals surface area contributed by atoms with E-state index in [0.717, 1.165) is 0 Å². The van der Waals surface area contributed by atoms with Gasteiger partial charge in [-0.1, -0.05) is 12.1 Å². The number of nitrogens with one attached hydrogen (secondary N) is 1. The Kier molecular flexibility index (Phi) is 3.34. The van der Waals surface area contributed by atoms with E-state index in [4.69, 9.17) is 5.11 Å². The Bertz CT molecular complexity index is 500. The first-order valence-corrected chi connectivity index (χ1v) is 4.89. The van der Waals surface area contributed by atoms with Crippen molar-refractivity contribution in [2.75, 3.05) is 0 Å². The molecular weight excluding hydrogens is 230 g/mol. The van der Waals surface area contributed by atoms with Gasteiger partial charge in [0.05, 0.1) is 18.5 Å². The summed E-state index contributed by atoms with van der Waals surface area (Å²) < 4.78 is 28.4. The third-order valence-electron chi connectivity index (χ3n) is 2.13. The molecule has 0 spiro atoms. The fourth-order valence-electron chi connectivity index (χ4n) is 1.41. The van der Waals surface area contributed by atoms with E-state index in [9.17, 15) is 8.78 Å². The van der Waals surface area contributed by atoms with E-state index in [2.05, 4.69) is 14.7 Å². The summed E-state index contributed by atoms with van der Waals surface area (Å²) >= 11 is 0. The first kappa shape index (κ1) is 11.5. The lowest BCUT2D eigenvalue weighted by Crippen LogP contribution is -2.01. The van der Waals surface area contributed by atoms with Crippen LogP contribution in [0.3, 0.4) is 0 Å². The quantitative estimate of drug-likeness (QED) is 0.861. The highest BCUT2D eigenvalue weighted by molar-refractivity contribution is 5.57. The van der Waals surface area contributed by atoms with Crippen LogP contribution in [0.15, 0.2) is 30.5 Å². The first-order chi connectivity index (χ1) is 8.19. The van der Waals surface area contributed by atoms with Crippen molar-refractivity contribution in [1.82, 2.24) is 9.97 Å². The van der Waals surface area contributed by atoms with Crippen molar-refractivity contribution < 1.29 is 18.6 Å². The third-order valence-corrected chi connectivity index (χ3v) is 2.13. The standard InChI is InChI=1S/C11H10F2N2O2/c12-11(13)17-9-3-1-2-7(4-9)10-14-5-8(6-16)15-10/h1-5,11,16H,6H2,(H,14,15). The summed E-state index contributed by atoms with van der Waals surface area (Å²) in [4.78, 5) is 6.87. The summed E-state index contributed by atoms with van der Waals surface area (Å²) in [7, 11) is 0. The van der Waals surface area contributed by atoms with Crippen LogP contribution >= 0.6 is 0 Å². The number of aromatic amines is 1. The average Bonchev–Trinajstić information content (AvgIpc) is 2.77. The van der Waals surface area contributed by atoms with Gasteiger partial charge in [0.15, 0.2) is 0 Å². The predicted molar refractivity (Wildman–Crippen MR) is 56.6 cm³/mol. The number of H-pyrrole nitrogens is 1. The monoisotopic (exact) mass is 240 g/mol. The first-order valence-electron chi connectivity index (χ1n) is 4.89. The SMILES string of the molecule is OCc1cnc(-c2cccc(OC(F)F)c2)[nH]1. The molecule has 1 heterocycles. The molecule has 0 aliphatic carbocycles. The lowest BCUT2D eigenvalue weighted by molar-refractivity contribution is -0.0498. The number of aromatic nitrogens is 2. The maximum absolute atomic E-state index is 12.0. The van der Waals surface area contributed by atoms with Crippen LogP contribution in [0.25, 0.3) is 11.4 Å². The van der Waals surface area contributed by atoms with Crippen molar-refractivity contribution in [3.05, 3.63) is 36.2 Å². The minimum absolute atomic E-state index is 0.0689. The molecular formula is C11H10F2N2O2. The normalized spacial score (nSPS) is 10.8. The molecule has 1 aromatic carbocycles. The maximum Gasteiger partial charge on any atom is 0.387 e. The summed E-state index contributed by atoms with van der Waals surface area (Å²) in [5.41, 5.74) is 1.17. The molecule has 4 nitrogen and oxygen atoms in total. The molecule has 2 rings (SSSR count). The number of imidazole rings is 1. The summed E-state index contributed by atoms with van der Waals surface area (Å²) in [6.07, 6.45) is 1.48. The van der Waals surface area contributed by atoms with E-state index in [1.165, 1.54) is 18.3 Å². The lowest BCUT2D eigenvalue weighted by atomic mass is 10.2. The molecule has 0 aliphatic heterocycles. The van der Waals surface area contributed by atoms with E-state index in [1.54, 1.807) is 12.1 Å². The second-order valence-corrected chi connectivity index (χ2v) is 3.32. The smallest absolute Gasteiger partial charge is 0.387 e. The van der Waals surface area contributed by atoms with Crippen LogP contribution in [-0.4, -0.2) is 21.7 Å². The van der Waals surface area contributed by atoms with E-state index in [0.29, 0.717) is 17.1 Å². The molecule has 0 amide bonds. The van der Waals surface area contributed by atoms with Crippen molar-refractivity contribution >= 4 is 0 Å². The van der Waals surface area contributed by atoms with Crippen LogP contribution < -0.4 is 4.74 Å². The molecule has 90 valence electrons. The number of nitrogens with zero attached hydrogens (tertiary/aromatic N) is 1.